The van der Waals surface area contributed by atoms with Crippen molar-refractivity contribution in [2.45, 2.75) is 26.8 Å². The van der Waals surface area contributed by atoms with Crippen molar-refractivity contribution in [3.63, 3.8) is 0 Å². The fraction of sp³-hybridized carbons (Fsp3) is 0.538. The van der Waals surface area contributed by atoms with E-state index in [1.165, 1.54) is 11.1 Å². The fourth-order valence-electron chi connectivity index (χ4n) is 1.46. The summed E-state index contributed by atoms with van der Waals surface area (Å²) in [4.78, 5) is 0. The van der Waals surface area contributed by atoms with Gasteiger partial charge in [-0.2, -0.15) is 0 Å². The number of aryl methyl sites for hydroxylation is 1. The summed E-state index contributed by atoms with van der Waals surface area (Å²) in [5.41, 5.74) is 2.59. The van der Waals surface area contributed by atoms with E-state index in [9.17, 15) is 0 Å². The minimum absolute atomic E-state index is 0.275. The predicted octanol–water partition coefficient (Wildman–Crippen LogP) is 2.10. The molecule has 1 atom stereocenters. The summed E-state index contributed by atoms with van der Waals surface area (Å²) in [6.45, 7) is 6.25. The Balaban J connectivity index is 2.28. The van der Waals surface area contributed by atoms with E-state index in [1.54, 1.807) is 0 Å². The van der Waals surface area contributed by atoms with Crippen LogP contribution in [-0.4, -0.2) is 18.3 Å². The van der Waals surface area contributed by atoms with E-state index >= 15 is 0 Å². The molecule has 1 aromatic rings. The highest BCUT2D eigenvalue weighted by Gasteiger charge is 2.02. The summed E-state index contributed by atoms with van der Waals surface area (Å²) >= 11 is 0. The number of nitrogens with one attached hydrogen (secondary N) is 1. The molecule has 0 aliphatic rings. The summed E-state index contributed by atoms with van der Waals surface area (Å²) < 4.78 is 0. The van der Waals surface area contributed by atoms with Gasteiger partial charge in [-0.05, 0) is 24.8 Å². The summed E-state index contributed by atoms with van der Waals surface area (Å²) in [6, 6.07) is 8.53. The molecular weight excluding hydrogens is 186 g/mol. The third-order valence-corrected chi connectivity index (χ3v) is 2.72. The molecule has 0 aliphatic heterocycles. The molecule has 0 radical (unpaired) electrons. The smallest absolute Gasteiger partial charge is 0.0471 e. The predicted molar refractivity (Wildman–Crippen MR) is 63.8 cm³/mol. The molecule has 84 valence electrons. The minimum atomic E-state index is 0.275. The van der Waals surface area contributed by atoms with Crippen LogP contribution in [0.5, 0.6) is 0 Å². The monoisotopic (exact) mass is 207 g/mol. The highest BCUT2D eigenvalue weighted by atomic mass is 16.3. The van der Waals surface area contributed by atoms with Crippen LogP contribution in [0.4, 0.5) is 0 Å². The highest BCUT2D eigenvalue weighted by Crippen LogP contribution is 2.03. The van der Waals surface area contributed by atoms with Gasteiger partial charge in [0, 0.05) is 19.7 Å². The Morgan fingerprint density at radius 3 is 2.47 bits per heavy atom. The number of hydrogen-bond donors (Lipinski definition) is 2. The number of aliphatic hydroxyl groups excluding tert-OH is 1. The lowest BCUT2D eigenvalue weighted by atomic mass is 10.1. The lowest BCUT2D eigenvalue weighted by molar-refractivity contribution is 0.218. The van der Waals surface area contributed by atoms with E-state index in [0.717, 1.165) is 19.5 Å². The Morgan fingerprint density at radius 1 is 1.27 bits per heavy atom. The highest BCUT2D eigenvalue weighted by molar-refractivity contribution is 5.20. The first-order valence-electron chi connectivity index (χ1n) is 5.63. The average Bonchev–Trinajstić information content (AvgIpc) is 2.27. The molecule has 0 saturated carbocycles. The largest absolute Gasteiger partial charge is 0.396 e. The molecule has 0 saturated heterocycles. The van der Waals surface area contributed by atoms with E-state index in [0.29, 0.717) is 5.92 Å². The van der Waals surface area contributed by atoms with Crippen molar-refractivity contribution in [2.75, 3.05) is 13.2 Å². The third kappa shape index (κ3) is 4.45. The summed E-state index contributed by atoms with van der Waals surface area (Å²) in [5, 5.41) is 12.4. The molecule has 2 N–H and O–H groups in total. The molecule has 15 heavy (non-hydrogen) atoms. The van der Waals surface area contributed by atoms with E-state index in [1.807, 2.05) is 0 Å². The molecule has 0 amide bonds. The number of aliphatic hydroxyl groups is 1. The quantitative estimate of drug-likeness (QED) is 0.748. The molecule has 1 aromatic carbocycles. The van der Waals surface area contributed by atoms with E-state index in [4.69, 9.17) is 5.11 Å². The van der Waals surface area contributed by atoms with Crippen LogP contribution in [0.2, 0.25) is 0 Å². The average molecular weight is 207 g/mol. The van der Waals surface area contributed by atoms with Gasteiger partial charge in [0.2, 0.25) is 0 Å². The Morgan fingerprint density at radius 2 is 1.93 bits per heavy atom. The zero-order valence-electron chi connectivity index (χ0n) is 9.66. The normalized spacial score (nSPS) is 12.7. The van der Waals surface area contributed by atoms with E-state index in [-0.39, 0.29) is 6.61 Å². The Hall–Kier alpha value is -0.860. The molecule has 0 heterocycles. The van der Waals surface area contributed by atoms with E-state index in [2.05, 4.69) is 43.4 Å². The van der Waals surface area contributed by atoms with Crippen molar-refractivity contribution in [3.05, 3.63) is 35.4 Å². The van der Waals surface area contributed by atoms with Crippen molar-refractivity contribution < 1.29 is 5.11 Å². The van der Waals surface area contributed by atoms with Crippen LogP contribution in [0.1, 0.15) is 24.5 Å². The van der Waals surface area contributed by atoms with Crippen molar-refractivity contribution in [1.82, 2.24) is 5.32 Å². The second kappa shape index (κ2) is 6.59. The molecular formula is C13H21NO. The van der Waals surface area contributed by atoms with Gasteiger partial charge in [0.1, 0.15) is 0 Å². The Kier molecular flexibility index (Phi) is 5.37. The SMILES string of the molecule is CCC(CO)CNCc1ccc(C)cc1. The minimum Gasteiger partial charge on any atom is -0.396 e. The third-order valence-electron chi connectivity index (χ3n) is 2.72. The molecule has 2 nitrogen and oxygen atoms in total. The second-order valence-electron chi connectivity index (χ2n) is 4.07. The van der Waals surface area contributed by atoms with Crippen LogP contribution >= 0.6 is 0 Å². The van der Waals surface area contributed by atoms with Crippen LogP contribution in [0.3, 0.4) is 0 Å². The van der Waals surface area contributed by atoms with Gasteiger partial charge in [0.05, 0.1) is 0 Å². The first-order chi connectivity index (χ1) is 7.26. The zero-order valence-corrected chi connectivity index (χ0v) is 9.66. The van der Waals surface area contributed by atoms with Gasteiger partial charge >= 0.3 is 0 Å². The van der Waals surface area contributed by atoms with Gasteiger partial charge < -0.3 is 10.4 Å². The summed E-state index contributed by atoms with van der Waals surface area (Å²) in [7, 11) is 0. The number of hydrogen-bond acceptors (Lipinski definition) is 2. The van der Waals surface area contributed by atoms with Crippen LogP contribution < -0.4 is 5.32 Å². The van der Waals surface area contributed by atoms with Crippen molar-refractivity contribution >= 4 is 0 Å². The van der Waals surface area contributed by atoms with Gasteiger partial charge in [-0.3, -0.25) is 0 Å². The van der Waals surface area contributed by atoms with Gasteiger partial charge in [-0.1, -0.05) is 36.8 Å². The maximum Gasteiger partial charge on any atom is 0.0471 e. The van der Waals surface area contributed by atoms with Crippen LogP contribution in [0.25, 0.3) is 0 Å². The second-order valence-corrected chi connectivity index (χ2v) is 4.07. The first-order valence-corrected chi connectivity index (χ1v) is 5.63. The van der Waals surface area contributed by atoms with Crippen LogP contribution in [0, 0.1) is 12.8 Å². The molecule has 2 heteroatoms. The molecule has 1 rings (SSSR count). The van der Waals surface area contributed by atoms with Crippen molar-refractivity contribution in [3.8, 4) is 0 Å². The van der Waals surface area contributed by atoms with Gasteiger partial charge in [0.15, 0.2) is 0 Å². The molecule has 0 aromatic heterocycles. The standard InChI is InChI=1S/C13H21NO/c1-3-12(10-15)8-14-9-13-6-4-11(2)5-7-13/h4-7,12,14-15H,3,8-10H2,1-2H3. The first kappa shape index (κ1) is 12.2. The lowest BCUT2D eigenvalue weighted by Crippen LogP contribution is -2.24. The van der Waals surface area contributed by atoms with Gasteiger partial charge in [0.25, 0.3) is 0 Å². The molecule has 0 spiro atoms. The lowest BCUT2D eigenvalue weighted by Gasteiger charge is -2.12. The molecule has 0 bridgehead atoms. The van der Waals surface area contributed by atoms with Crippen molar-refractivity contribution in [1.29, 1.82) is 0 Å². The Labute approximate surface area is 92.3 Å². The Bertz CT molecular complexity index is 264. The number of rotatable bonds is 6. The van der Waals surface area contributed by atoms with Gasteiger partial charge in [-0.25, -0.2) is 0 Å². The summed E-state index contributed by atoms with van der Waals surface area (Å²) in [5.74, 6) is 0.385. The zero-order chi connectivity index (χ0) is 11.1. The van der Waals surface area contributed by atoms with Crippen LogP contribution in [0.15, 0.2) is 24.3 Å². The van der Waals surface area contributed by atoms with Crippen molar-refractivity contribution in [2.24, 2.45) is 5.92 Å². The van der Waals surface area contributed by atoms with E-state index < -0.39 is 0 Å². The van der Waals surface area contributed by atoms with Gasteiger partial charge in [-0.15, -0.1) is 0 Å². The topological polar surface area (TPSA) is 32.3 Å². The molecule has 1 unspecified atom stereocenters. The van der Waals surface area contributed by atoms with Crippen LogP contribution in [-0.2, 0) is 6.54 Å². The maximum atomic E-state index is 9.02. The molecule has 0 aliphatic carbocycles. The number of benzene rings is 1. The summed E-state index contributed by atoms with van der Waals surface area (Å²) in [6.07, 6.45) is 1.03. The maximum absolute atomic E-state index is 9.02. The molecule has 0 fully saturated rings. The fourth-order valence-corrected chi connectivity index (χ4v) is 1.46.